The molecule has 1 fully saturated rings. The Bertz CT molecular complexity index is 839. The molecule has 32 heavy (non-hydrogen) atoms. The fourth-order valence-corrected chi connectivity index (χ4v) is 3.45. The Morgan fingerprint density at radius 3 is 2.66 bits per heavy atom. The second-order valence-electron chi connectivity index (χ2n) is 7.84. The first-order valence-corrected chi connectivity index (χ1v) is 11.3. The van der Waals surface area contributed by atoms with Gasteiger partial charge in [-0.2, -0.15) is 0 Å². The van der Waals surface area contributed by atoms with Gasteiger partial charge in [-0.3, -0.25) is 0 Å². The SMILES string of the molecule is CCNC(=NCc1cccc(COC2CCOCC2)c1)N(C)CCOc1ccc(F)cc1. The summed E-state index contributed by atoms with van der Waals surface area (Å²) in [6, 6.07) is 14.4. The van der Waals surface area contributed by atoms with Crippen LogP contribution < -0.4 is 10.1 Å². The lowest BCUT2D eigenvalue weighted by Crippen LogP contribution is -2.40. The highest BCUT2D eigenvalue weighted by atomic mass is 19.1. The molecule has 1 N–H and O–H groups in total. The molecule has 0 aromatic heterocycles. The number of hydrogen-bond acceptors (Lipinski definition) is 4. The summed E-state index contributed by atoms with van der Waals surface area (Å²) in [5.41, 5.74) is 2.31. The zero-order valence-corrected chi connectivity index (χ0v) is 19.1. The molecular formula is C25H34FN3O3. The first-order chi connectivity index (χ1) is 15.6. The van der Waals surface area contributed by atoms with Gasteiger partial charge in [0.05, 0.1) is 25.8 Å². The number of aliphatic imine (C=N–C) groups is 1. The standard InChI is InChI=1S/C25H34FN3O3/c1-3-27-25(29(2)13-16-31-23-9-7-22(26)8-10-23)28-18-20-5-4-6-21(17-20)19-32-24-11-14-30-15-12-24/h4-10,17,24H,3,11-16,18-19H2,1-2H3,(H,27,28). The van der Waals surface area contributed by atoms with Crippen LogP contribution in [0.1, 0.15) is 30.9 Å². The van der Waals surface area contributed by atoms with Gasteiger partial charge in [0.1, 0.15) is 18.2 Å². The molecule has 174 valence electrons. The Labute approximate surface area is 190 Å². The van der Waals surface area contributed by atoms with Crippen molar-refractivity contribution in [2.24, 2.45) is 4.99 Å². The van der Waals surface area contributed by atoms with Gasteiger partial charge in [0.15, 0.2) is 5.96 Å². The van der Waals surface area contributed by atoms with E-state index in [-0.39, 0.29) is 11.9 Å². The lowest BCUT2D eigenvalue weighted by molar-refractivity contribution is -0.0390. The van der Waals surface area contributed by atoms with Gasteiger partial charge >= 0.3 is 0 Å². The van der Waals surface area contributed by atoms with E-state index in [9.17, 15) is 4.39 Å². The van der Waals surface area contributed by atoms with Crippen molar-refractivity contribution in [3.8, 4) is 5.75 Å². The fourth-order valence-electron chi connectivity index (χ4n) is 3.45. The van der Waals surface area contributed by atoms with Gasteiger partial charge in [0, 0.05) is 26.8 Å². The molecule has 1 saturated heterocycles. The summed E-state index contributed by atoms with van der Waals surface area (Å²) in [7, 11) is 1.98. The fraction of sp³-hybridized carbons (Fsp3) is 0.480. The molecule has 0 atom stereocenters. The second kappa shape index (κ2) is 13.0. The third-order valence-electron chi connectivity index (χ3n) is 5.26. The molecule has 1 aliphatic heterocycles. The summed E-state index contributed by atoms with van der Waals surface area (Å²) in [5, 5.41) is 3.33. The van der Waals surface area contributed by atoms with Crippen LogP contribution in [-0.2, 0) is 22.6 Å². The predicted octanol–water partition coefficient (Wildman–Crippen LogP) is 4.00. The summed E-state index contributed by atoms with van der Waals surface area (Å²) >= 11 is 0. The first kappa shape index (κ1) is 24.0. The maximum Gasteiger partial charge on any atom is 0.194 e. The third-order valence-corrected chi connectivity index (χ3v) is 5.26. The maximum atomic E-state index is 13.0. The van der Waals surface area contributed by atoms with Gasteiger partial charge in [-0.05, 0) is 55.2 Å². The van der Waals surface area contributed by atoms with Crippen LogP contribution in [0.5, 0.6) is 5.75 Å². The number of ether oxygens (including phenoxy) is 3. The van der Waals surface area contributed by atoms with Gasteiger partial charge in [-0.15, -0.1) is 0 Å². The normalized spacial score (nSPS) is 14.9. The maximum absolute atomic E-state index is 13.0. The molecule has 0 amide bonds. The van der Waals surface area contributed by atoms with Crippen LogP contribution in [0.15, 0.2) is 53.5 Å². The quantitative estimate of drug-likeness (QED) is 0.444. The number of halogens is 1. The highest BCUT2D eigenvalue weighted by molar-refractivity contribution is 5.79. The summed E-state index contributed by atoms with van der Waals surface area (Å²) in [6.45, 7) is 6.73. The van der Waals surface area contributed by atoms with Gasteiger partial charge < -0.3 is 24.4 Å². The van der Waals surface area contributed by atoms with Crippen LogP contribution in [-0.4, -0.2) is 56.9 Å². The van der Waals surface area contributed by atoms with E-state index < -0.39 is 0 Å². The smallest absolute Gasteiger partial charge is 0.194 e. The van der Waals surface area contributed by atoms with Gasteiger partial charge in [-0.1, -0.05) is 24.3 Å². The molecule has 0 aliphatic carbocycles. The number of nitrogens with one attached hydrogen (secondary N) is 1. The molecule has 0 unspecified atom stereocenters. The summed E-state index contributed by atoms with van der Waals surface area (Å²) in [4.78, 5) is 6.81. The largest absolute Gasteiger partial charge is 0.492 e. The van der Waals surface area contributed by atoms with Gasteiger partial charge in [0.25, 0.3) is 0 Å². The Kier molecular flexibility index (Phi) is 9.78. The van der Waals surface area contributed by atoms with Crippen molar-refractivity contribution in [3.63, 3.8) is 0 Å². The molecule has 0 radical (unpaired) electrons. The van der Waals surface area contributed by atoms with E-state index in [0.29, 0.717) is 32.1 Å². The summed E-state index contributed by atoms with van der Waals surface area (Å²) in [6.07, 6.45) is 2.22. The van der Waals surface area contributed by atoms with E-state index in [1.807, 2.05) is 18.9 Å². The van der Waals surface area contributed by atoms with Crippen LogP contribution in [0.4, 0.5) is 4.39 Å². The number of hydrogen-bond donors (Lipinski definition) is 1. The molecule has 7 heteroatoms. The van der Waals surface area contributed by atoms with Crippen molar-refractivity contribution in [3.05, 3.63) is 65.5 Å². The highest BCUT2D eigenvalue weighted by Crippen LogP contribution is 2.15. The van der Waals surface area contributed by atoms with E-state index in [0.717, 1.165) is 49.7 Å². The number of nitrogens with zero attached hydrogens (tertiary/aromatic N) is 2. The van der Waals surface area contributed by atoms with E-state index in [2.05, 4.69) is 29.6 Å². The first-order valence-electron chi connectivity index (χ1n) is 11.3. The lowest BCUT2D eigenvalue weighted by atomic mass is 10.1. The minimum absolute atomic E-state index is 0.268. The average Bonchev–Trinajstić information content (AvgIpc) is 2.82. The molecule has 2 aromatic rings. The van der Waals surface area contributed by atoms with Crippen molar-refractivity contribution in [2.45, 2.75) is 39.0 Å². The molecule has 0 spiro atoms. The van der Waals surface area contributed by atoms with Crippen LogP contribution in [0.2, 0.25) is 0 Å². The Hall–Kier alpha value is -2.64. The number of rotatable bonds is 10. The van der Waals surface area contributed by atoms with Crippen molar-refractivity contribution in [2.75, 3.05) is 40.0 Å². The zero-order valence-electron chi connectivity index (χ0n) is 19.1. The molecule has 3 rings (SSSR count). The van der Waals surface area contributed by atoms with Crippen molar-refractivity contribution < 1.29 is 18.6 Å². The molecule has 1 aliphatic rings. The molecule has 0 bridgehead atoms. The third kappa shape index (κ3) is 8.13. The van der Waals surface area contributed by atoms with E-state index in [1.54, 1.807) is 12.1 Å². The molecule has 0 saturated carbocycles. The minimum atomic E-state index is -0.268. The number of likely N-dealkylation sites (N-methyl/N-ethyl adjacent to an activating group) is 1. The topological polar surface area (TPSA) is 55.3 Å². The van der Waals surface area contributed by atoms with Gasteiger partial charge in [-0.25, -0.2) is 9.38 Å². The molecule has 6 nitrogen and oxygen atoms in total. The van der Waals surface area contributed by atoms with Crippen molar-refractivity contribution in [1.29, 1.82) is 0 Å². The number of guanidine groups is 1. The predicted molar refractivity (Wildman–Crippen MR) is 124 cm³/mol. The Morgan fingerprint density at radius 1 is 1.16 bits per heavy atom. The average molecular weight is 444 g/mol. The Balaban J connectivity index is 1.50. The monoisotopic (exact) mass is 443 g/mol. The zero-order chi connectivity index (χ0) is 22.6. The number of benzene rings is 2. The lowest BCUT2D eigenvalue weighted by Gasteiger charge is -2.22. The van der Waals surface area contributed by atoms with Crippen LogP contribution in [0.3, 0.4) is 0 Å². The molecule has 2 aromatic carbocycles. The molecular weight excluding hydrogens is 409 g/mol. The summed E-state index contributed by atoms with van der Waals surface area (Å²) < 4.78 is 30.1. The van der Waals surface area contributed by atoms with E-state index in [1.165, 1.54) is 12.1 Å². The van der Waals surface area contributed by atoms with Crippen LogP contribution >= 0.6 is 0 Å². The molecule has 1 heterocycles. The van der Waals surface area contributed by atoms with Crippen molar-refractivity contribution >= 4 is 5.96 Å². The summed E-state index contributed by atoms with van der Waals surface area (Å²) in [5.74, 6) is 1.20. The second-order valence-corrected chi connectivity index (χ2v) is 7.84. The minimum Gasteiger partial charge on any atom is -0.492 e. The van der Waals surface area contributed by atoms with Gasteiger partial charge in [0.2, 0.25) is 0 Å². The van der Waals surface area contributed by atoms with Crippen LogP contribution in [0.25, 0.3) is 0 Å². The van der Waals surface area contributed by atoms with Crippen LogP contribution in [0, 0.1) is 5.82 Å². The van der Waals surface area contributed by atoms with E-state index >= 15 is 0 Å². The highest BCUT2D eigenvalue weighted by Gasteiger charge is 2.14. The van der Waals surface area contributed by atoms with E-state index in [4.69, 9.17) is 19.2 Å². The Morgan fingerprint density at radius 2 is 1.91 bits per heavy atom. The van der Waals surface area contributed by atoms with Crippen molar-refractivity contribution in [1.82, 2.24) is 10.2 Å².